The Hall–Kier alpha value is -2.60. The number of alkyl carbamates (subject to hydrolysis) is 1. The number of halogens is 1. The third-order valence-electron chi connectivity index (χ3n) is 6.33. The molecule has 1 amide bonds. The molecule has 3 aromatic rings. The molecule has 1 atom stereocenters. The van der Waals surface area contributed by atoms with E-state index in [1.54, 1.807) is 6.07 Å². The molecule has 32 heavy (non-hydrogen) atoms. The SMILES string of the molecule is CC(C)(C)OC(=O)NC(c1cccc(F)c1)c1cn([Si](C)(C)C(C)(C)C)c2ccccc12. The van der Waals surface area contributed by atoms with Gasteiger partial charge in [-0.1, -0.05) is 64.2 Å². The number of hydrogen-bond acceptors (Lipinski definition) is 2. The number of ether oxygens (including phenoxy) is 1. The number of amides is 1. The maximum Gasteiger partial charge on any atom is 0.408 e. The Labute approximate surface area is 191 Å². The molecule has 0 aliphatic heterocycles. The Morgan fingerprint density at radius 3 is 2.28 bits per heavy atom. The summed E-state index contributed by atoms with van der Waals surface area (Å²) in [5, 5.41) is 4.16. The van der Waals surface area contributed by atoms with Crippen molar-refractivity contribution in [1.29, 1.82) is 0 Å². The Bertz CT molecular complexity index is 1120. The summed E-state index contributed by atoms with van der Waals surface area (Å²) in [6.07, 6.45) is 1.62. The lowest BCUT2D eigenvalue weighted by molar-refractivity contribution is 0.0512. The van der Waals surface area contributed by atoms with Crippen molar-refractivity contribution in [2.45, 2.75) is 71.3 Å². The van der Waals surface area contributed by atoms with E-state index in [4.69, 9.17) is 4.74 Å². The Morgan fingerprint density at radius 2 is 1.69 bits per heavy atom. The molecule has 0 saturated heterocycles. The van der Waals surface area contributed by atoms with Crippen molar-refractivity contribution in [2.75, 3.05) is 0 Å². The van der Waals surface area contributed by atoms with Gasteiger partial charge >= 0.3 is 6.09 Å². The summed E-state index contributed by atoms with van der Waals surface area (Å²) in [7, 11) is -1.96. The summed E-state index contributed by atoms with van der Waals surface area (Å²) in [6, 6.07) is 14.1. The molecule has 1 heterocycles. The molecule has 172 valence electrons. The van der Waals surface area contributed by atoms with E-state index in [-0.39, 0.29) is 10.9 Å². The van der Waals surface area contributed by atoms with Gasteiger partial charge < -0.3 is 14.3 Å². The molecular weight excluding hydrogens is 419 g/mol. The minimum absolute atomic E-state index is 0.110. The van der Waals surface area contributed by atoms with Crippen LogP contribution in [0, 0.1) is 5.82 Å². The Morgan fingerprint density at radius 1 is 1.03 bits per heavy atom. The number of benzene rings is 2. The molecule has 2 aromatic carbocycles. The maximum atomic E-state index is 14.2. The monoisotopic (exact) mass is 454 g/mol. The summed E-state index contributed by atoms with van der Waals surface area (Å²) in [5.41, 5.74) is 2.10. The molecule has 1 N–H and O–H groups in total. The quantitative estimate of drug-likeness (QED) is 0.422. The third-order valence-corrected chi connectivity index (χ3v) is 11.6. The first-order valence-corrected chi connectivity index (χ1v) is 14.0. The lowest BCUT2D eigenvalue weighted by atomic mass is 9.98. The molecule has 0 aliphatic carbocycles. The van der Waals surface area contributed by atoms with Gasteiger partial charge in [0, 0.05) is 22.7 Å². The standard InChI is InChI=1S/C26H35FN2O2Si/c1-25(2,3)31-24(30)28-23(18-12-11-13-19(27)16-18)21-17-29(32(7,8)26(4,5)6)22-15-10-9-14-20(21)22/h9-17,23H,1-8H3,(H,28,30). The van der Waals surface area contributed by atoms with Crippen LogP contribution in [0.15, 0.2) is 54.7 Å². The van der Waals surface area contributed by atoms with Crippen LogP contribution in [0.2, 0.25) is 18.1 Å². The van der Waals surface area contributed by atoms with E-state index in [0.29, 0.717) is 5.56 Å². The highest BCUT2D eigenvalue weighted by Crippen LogP contribution is 2.41. The predicted molar refractivity (Wildman–Crippen MR) is 132 cm³/mol. The average molecular weight is 455 g/mol. The fourth-order valence-electron chi connectivity index (χ4n) is 3.71. The molecule has 0 bridgehead atoms. The number of para-hydroxylation sites is 1. The number of hydrogen-bond donors (Lipinski definition) is 1. The van der Waals surface area contributed by atoms with Gasteiger partial charge in [-0.3, -0.25) is 0 Å². The minimum atomic E-state index is -1.96. The number of aromatic nitrogens is 1. The Balaban J connectivity index is 2.21. The summed E-state index contributed by atoms with van der Waals surface area (Å²) >= 11 is 0. The zero-order valence-corrected chi connectivity index (χ0v) is 21.4. The second-order valence-electron chi connectivity index (χ2n) is 10.9. The number of rotatable bonds is 4. The molecule has 0 aliphatic rings. The summed E-state index contributed by atoms with van der Waals surface area (Å²) in [6.45, 7) is 17.0. The van der Waals surface area contributed by atoms with Gasteiger partial charge in [-0.25, -0.2) is 9.18 Å². The van der Waals surface area contributed by atoms with E-state index in [9.17, 15) is 9.18 Å². The first-order chi connectivity index (χ1) is 14.7. The first-order valence-electron chi connectivity index (χ1n) is 11.1. The second kappa shape index (κ2) is 8.39. The molecule has 3 rings (SSSR count). The van der Waals surface area contributed by atoms with Gasteiger partial charge in [0.05, 0.1) is 6.04 Å². The van der Waals surface area contributed by atoms with Crippen molar-refractivity contribution in [3.8, 4) is 0 Å². The smallest absolute Gasteiger partial charge is 0.408 e. The van der Waals surface area contributed by atoms with Crippen LogP contribution in [-0.4, -0.2) is 24.2 Å². The van der Waals surface area contributed by atoms with Crippen molar-refractivity contribution >= 4 is 25.2 Å². The normalized spacial score (nSPS) is 13.8. The summed E-state index contributed by atoms with van der Waals surface area (Å²) in [5.74, 6) is -0.341. The lowest BCUT2D eigenvalue weighted by Crippen LogP contribution is -2.45. The molecule has 0 spiro atoms. The number of fused-ring (bicyclic) bond motifs is 1. The number of carbonyl (C=O) groups excluding carboxylic acids is 1. The molecule has 1 aromatic heterocycles. The highest BCUT2D eigenvalue weighted by Gasteiger charge is 2.39. The van der Waals surface area contributed by atoms with Crippen molar-refractivity contribution in [2.24, 2.45) is 0 Å². The van der Waals surface area contributed by atoms with E-state index in [1.165, 1.54) is 12.1 Å². The zero-order valence-electron chi connectivity index (χ0n) is 20.4. The number of nitrogens with zero attached hydrogens (tertiary/aromatic N) is 1. The summed E-state index contributed by atoms with van der Waals surface area (Å²) < 4.78 is 22.1. The van der Waals surface area contributed by atoms with E-state index >= 15 is 0 Å². The van der Waals surface area contributed by atoms with Gasteiger partial charge in [0.25, 0.3) is 0 Å². The highest BCUT2D eigenvalue weighted by atomic mass is 28.3. The van der Waals surface area contributed by atoms with Gasteiger partial charge in [0.15, 0.2) is 8.24 Å². The number of carbonyl (C=O) groups is 1. The van der Waals surface area contributed by atoms with Gasteiger partial charge in [-0.15, -0.1) is 0 Å². The predicted octanol–water partition coefficient (Wildman–Crippen LogP) is 7.25. The van der Waals surface area contributed by atoms with Gasteiger partial charge in [-0.05, 0) is 49.6 Å². The van der Waals surface area contributed by atoms with E-state index in [2.05, 4.69) is 61.7 Å². The van der Waals surface area contributed by atoms with Gasteiger partial charge in [-0.2, -0.15) is 0 Å². The van der Waals surface area contributed by atoms with Crippen molar-refractivity contribution < 1.29 is 13.9 Å². The number of nitrogens with one attached hydrogen (secondary N) is 1. The molecule has 0 saturated carbocycles. The summed E-state index contributed by atoms with van der Waals surface area (Å²) in [4.78, 5) is 12.8. The lowest BCUT2D eigenvalue weighted by Gasteiger charge is -2.38. The highest BCUT2D eigenvalue weighted by molar-refractivity contribution is 6.79. The van der Waals surface area contributed by atoms with Gasteiger partial charge in [0.2, 0.25) is 0 Å². The van der Waals surface area contributed by atoms with Crippen molar-refractivity contribution in [3.63, 3.8) is 0 Å². The third kappa shape index (κ3) is 4.90. The minimum Gasteiger partial charge on any atom is -0.444 e. The van der Waals surface area contributed by atoms with Crippen LogP contribution in [0.4, 0.5) is 9.18 Å². The Kier molecular flexibility index (Phi) is 6.31. The van der Waals surface area contributed by atoms with E-state index in [1.807, 2.05) is 39.0 Å². The van der Waals surface area contributed by atoms with E-state index < -0.39 is 26.0 Å². The van der Waals surface area contributed by atoms with Crippen molar-refractivity contribution in [3.05, 3.63) is 71.7 Å². The molecular formula is C26H35FN2O2Si. The van der Waals surface area contributed by atoms with E-state index in [0.717, 1.165) is 16.5 Å². The fourth-order valence-corrected chi connectivity index (χ4v) is 5.69. The van der Waals surface area contributed by atoms with Crippen LogP contribution < -0.4 is 5.32 Å². The largest absolute Gasteiger partial charge is 0.444 e. The first kappa shape index (κ1) is 24.0. The average Bonchev–Trinajstić information content (AvgIpc) is 3.04. The van der Waals surface area contributed by atoms with Crippen LogP contribution >= 0.6 is 0 Å². The topological polar surface area (TPSA) is 43.3 Å². The molecule has 6 heteroatoms. The molecule has 4 nitrogen and oxygen atoms in total. The zero-order chi connectivity index (χ0) is 23.9. The maximum absolute atomic E-state index is 14.2. The van der Waals surface area contributed by atoms with Crippen LogP contribution in [0.25, 0.3) is 10.9 Å². The molecule has 0 radical (unpaired) electrons. The second-order valence-corrected chi connectivity index (χ2v) is 16.0. The van der Waals surface area contributed by atoms with Crippen molar-refractivity contribution in [1.82, 2.24) is 9.55 Å². The van der Waals surface area contributed by atoms with Crippen LogP contribution in [0.1, 0.15) is 58.7 Å². The van der Waals surface area contributed by atoms with Crippen LogP contribution in [0.3, 0.4) is 0 Å². The fraction of sp³-hybridized carbons (Fsp3) is 0.423. The van der Waals surface area contributed by atoms with Crippen LogP contribution in [0.5, 0.6) is 0 Å². The molecule has 0 fully saturated rings. The van der Waals surface area contributed by atoms with Gasteiger partial charge in [0.1, 0.15) is 11.4 Å². The molecule has 1 unspecified atom stereocenters. The van der Waals surface area contributed by atoms with Crippen LogP contribution in [-0.2, 0) is 4.74 Å².